The number of thioether (sulfide) groups is 1. The summed E-state index contributed by atoms with van der Waals surface area (Å²) in [5.41, 5.74) is 5.27. The minimum absolute atomic E-state index is 0.00223. The molecule has 1 unspecified atom stereocenters. The Morgan fingerprint density at radius 3 is 2.56 bits per heavy atom. The monoisotopic (exact) mass is 274 g/mol. The van der Waals surface area contributed by atoms with Gasteiger partial charge in [-0.15, -0.1) is 0 Å². The van der Waals surface area contributed by atoms with E-state index in [1.54, 1.807) is 16.7 Å². The molecule has 5 nitrogen and oxygen atoms in total. The number of carbonyl (C=O) groups is 2. The standard InChI is InChI=1S/C12H22N2O3S/c1-3-12(13,4-2)11(17)14-5-6-18-8-9(14)7-10(15)16/h9H,3-8,13H2,1-2H3,(H,15,16). The van der Waals surface area contributed by atoms with Crippen LogP contribution in [0.3, 0.4) is 0 Å². The van der Waals surface area contributed by atoms with E-state index in [4.69, 9.17) is 10.8 Å². The van der Waals surface area contributed by atoms with E-state index in [1.165, 1.54) is 0 Å². The number of rotatable bonds is 5. The lowest BCUT2D eigenvalue weighted by Crippen LogP contribution is -2.59. The number of carboxylic acid groups (broad SMARTS) is 1. The van der Waals surface area contributed by atoms with Crippen LogP contribution in [0.25, 0.3) is 0 Å². The Kier molecular flexibility index (Phi) is 5.47. The summed E-state index contributed by atoms with van der Waals surface area (Å²) in [5, 5.41) is 8.90. The Balaban J connectivity index is 2.82. The van der Waals surface area contributed by atoms with Crippen molar-refractivity contribution < 1.29 is 14.7 Å². The second kappa shape index (κ2) is 6.43. The van der Waals surface area contributed by atoms with E-state index in [2.05, 4.69) is 0 Å². The molecule has 1 atom stereocenters. The number of nitrogens with zero attached hydrogens (tertiary/aromatic N) is 1. The molecular formula is C12H22N2O3S. The Hall–Kier alpha value is -0.750. The van der Waals surface area contributed by atoms with Crippen LogP contribution in [0.2, 0.25) is 0 Å². The number of amides is 1. The Labute approximate surface area is 112 Å². The topological polar surface area (TPSA) is 83.6 Å². The molecule has 6 heteroatoms. The molecule has 1 amide bonds. The maximum atomic E-state index is 12.5. The molecule has 1 saturated heterocycles. The first kappa shape index (κ1) is 15.3. The van der Waals surface area contributed by atoms with Gasteiger partial charge in [-0.25, -0.2) is 0 Å². The van der Waals surface area contributed by atoms with Crippen LogP contribution in [-0.2, 0) is 9.59 Å². The lowest BCUT2D eigenvalue weighted by atomic mass is 9.91. The van der Waals surface area contributed by atoms with Crippen LogP contribution >= 0.6 is 11.8 Å². The number of nitrogens with two attached hydrogens (primary N) is 1. The van der Waals surface area contributed by atoms with Gasteiger partial charge in [0.25, 0.3) is 0 Å². The van der Waals surface area contributed by atoms with Gasteiger partial charge in [0, 0.05) is 18.1 Å². The van der Waals surface area contributed by atoms with Gasteiger partial charge in [-0.1, -0.05) is 13.8 Å². The van der Waals surface area contributed by atoms with Gasteiger partial charge in [-0.2, -0.15) is 11.8 Å². The zero-order valence-corrected chi connectivity index (χ0v) is 11.8. The molecule has 1 rings (SSSR count). The zero-order valence-electron chi connectivity index (χ0n) is 11.0. The maximum Gasteiger partial charge on any atom is 0.305 e. The summed E-state index contributed by atoms with van der Waals surface area (Å²) < 4.78 is 0. The van der Waals surface area contributed by atoms with E-state index in [0.717, 1.165) is 5.75 Å². The first-order chi connectivity index (χ1) is 8.44. The first-order valence-corrected chi connectivity index (χ1v) is 7.49. The highest BCUT2D eigenvalue weighted by Crippen LogP contribution is 2.24. The smallest absolute Gasteiger partial charge is 0.305 e. The Morgan fingerprint density at radius 2 is 2.06 bits per heavy atom. The van der Waals surface area contributed by atoms with Crippen LogP contribution in [0.5, 0.6) is 0 Å². The van der Waals surface area contributed by atoms with E-state index in [1.807, 2.05) is 13.8 Å². The van der Waals surface area contributed by atoms with Crippen molar-refractivity contribution in [3.8, 4) is 0 Å². The average molecular weight is 274 g/mol. The highest BCUT2D eigenvalue weighted by atomic mass is 32.2. The van der Waals surface area contributed by atoms with Crippen LogP contribution in [-0.4, -0.2) is 51.5 Å². The molecular weight excluding hydrogens is 252 g/mol. The molecule has 0 aromatic heterocycles. The van der Waals surface area contributed by atoms with Gasteiger partial charge in [0.1, 0.15) is 0 Å². The molecule has 0 aromatic rings. The predicted molar refractivity (Wildman–Crippen MR) is 72.6 cm³/mol. The van der Waals surface area contributed by atoms with Crippen molar-refractivity contribution in [2.24, 2.45) is 5.73 Å². The van der Waals surface area contributed by atoms with Crippen LogP contribution in [0, 0.1) is 0 Å². The summed E-state index contributed by atoms with van der Waals surface area (Å²) >= 11 is 1.69. The second-order valence-electron chi connectivity index (χ2n) is 4.69. The predicted octanol–water partition coefficient (Wildman–Crippen LogP) is 0.923. The summed E-state index contributed by atoms with van der Waals surface area (Å²) in [5.74, 6) is 0.572. The van der Waals surface area contributed by atoms with Crippen LogP contribution < -0.4 is 5.73 Å². The van der Waals surface area contributed by atoms with Gasteiger partial charge >= 0.3 is 5.97 Å². The lowest BCUT2D eigenvalue weighted by Gasteiger charge is -2.40. The number of aliphatic carboxylic acids is 1. The number of carbonyl (C=O) groups excluding carboxylic acids is 1. The Bertz CT molecular complexity index is 318. The van der Waals surface area contributed by atoms with Gasteiger partial charge in [-0.05, 0) is 12.8 Å². The summed E-state index contributed by atoms with van der Waals surface area (Å²) in [6.45, 7) is 4.39. The number of hydrogen-bond donors (Lipinski definition) is 2. The van der Waals surface area contributed by atoms with Gasteiger partial charge in [0.15, 0.2) is 0 Å². The molecule has 0 saturated carbocycles. The molecule has 0 bridgehead atoms. The van der Waals surface area contributed by atoms with Crippen molar-refractivity contribution in [1.82, 2.24) is 4.90 Å². The van der Waals surface area contributed by atoms with Gasteiger partial charge < -0.3 is 15.7 Å². The third-order valence-corrected chi connectivity index (χ3v) is 4.68. The van der Waals surface area contributed by atoms with E-state index >= 15 is 0 Å². The highest BCUT2D eigenvalue weighted by molar-refractivity contribution is 7.99. The molecule has 1 aliphatic rings. The van der Waals surface area contributed by atoms with Crippen molar-refractivity contribution in [2.45, 2.75) is 44.7 Å². The molecule has 1 aliphatic heterocycles. The SMILES string of the molecule is CCC(N)(CC)C(=O)N1CCSCC1CC(=O)O. The molecule has 1 fully saturated rings. The molecule has 3 N–H and O–H groups in total. The minimum atomic E-state index is -0.865. The lowest BCUT2D eigenvalue weighted by molar-refractivity contribution is -0.143. The normalized spacial score (nSPS) is 20.8. The molecule has 0 aromatic carbocycles. The van der Waals surface area contributed by atoms with Crippen molar-refractivity contribution in [3.63, 3.8) is 0 Å². The first-order valence-electron chi connectivity index (χ1n) is 6.34. The largest absolute Gasteiger partial charge is 0.481 e. The molecule has 0 spiro atoms. The summed E-state index contributed by atoms with van der Waals surface area (Å²) in [6, 6.07) is -0.227. The molecule has 1 heterocycles. The molecule has 104 valence electrons. The van der Waals surface area contributed by atoms with Crippen LogP contribution in [0.1, 0.15) is 33.1 Å². The van der Waals surface area contributed by atoms with E-state index in [9.17, 15) is 9.59 Å². The van der Waals surface area contributed by atoms with E-state index in [0.29, 0.717) is 25.1 Å². The average Bonchev–Trinajstić information content (AvgIpc) is 2.37. The quantitative estimate of drug-likeness (QED) is 0.779. The van der Waals surface area contributed by atoms with Gasteiger partial charge in [0.2, 0.25) is 5.91 Å². The molecule has 18 heavy (non-hydrogen) atoms. The minimum Gasteiger partial charge on any atom is -0.481 e. The maximum absolute atomic E-state index is 12.5. The van der Waals surface area contributed by atoms with Crippen LogP contribution in [0.4, 0.5) is 0 Å². The fourth-order valence-corrected chi connectivity index (χ4v) is 3.19. The van der Waals surface area contributed by atoms with E-state index < -0.39 is 11.5 Å². The highest BCUT2D eigenvalue weighted by Gasteiger charge is 2.38. The van der Waals surface area contributed by atoms with Crippen LogP contribution in [0.15, 0.2) is 0 Å². The Morgan fingerprint density at radius 1 is 1.44 bits per heavy atom. The van der Waals surface area contributed by atoms with Crippen molar-refractivity contribution in [1.29, 1.82) is 0 Å². The number of carboxylic acids is 1. The number of hydrogen-bond acceptors (Lipinski definition) is 4. The third-order valence-electron chi connectivity index (χ3n) is 3.59. The second-order valence-corrected chi connectivity index (χ2v) is 5.84. The van der Waals surface area contributed by atoms with Gasteiger partial charge in [0.05, 0.1) is 18.0 Å². The summed E-state index contributed by atoms with van der Waals surface area (Å²) in [7, 11) is 0. The van der Waals surface area contributed by atoms with Crippen molar-refractivity contribution in [3.05, 3.63) is 0 Å². The summed E-state index contributed by atoms with van der Waals surface area (Å²) in [4.78, 5) is 25.0. The van der Waals surface area contributed by atoms with E-state index in [-0.39, 0.29) is 18.4 Å². The summed E-state index contributed by atoms with van der Waals surface area (Å²) in [6.07, 6.45) is 1.15. The zero-order chi connectivity index (χ0) is 13.8. The fraction of sp³-hybridized carbons (Fsp3) is 0.833. The third kappa shape index (κ3) is 3.38. The molecule has 0 aliphatic carbocycles. The van der Waals surface area contributed by atoms with Crippen molar-refractivity contribution >= 4 is 23.6 Å². The van der Waals surface area contributed by atoms with Gasteiger partial charge in [-0.3, -0.25) is 9.59 Å². The fourth-order valence-electron chi connectivity index (χ4n) is 2.13. The molecule has 0 radical (unpaired) electrons. The van der Waals surface area contributed by atoms with Crippen molar-refractivity contribution in [2.75, 3.05) is 18.1 Å².